The van der Waals surface area contributed by atoms with Crippen LogP contribution >= 0.6 is 0 Å². The van der Waals surface area contributed by atoms with Gasteiger partial charge in [-0.05, 0) is 50.6 Å². The van der Waals surface area contributed by atoms with Gasteiger partial charge in [0.2, 0.25) is 5.91 Å². The van der Waals surface area contributed by atoms with Crippen LogP contribution in [-0.2, 0) is 4.79 Å². The van der Waals surface area contributed by atoms with Gasteiger partial charge in [0.1, 0.15) is 5.84 Å². The summed E-state index contributed by atoms with van der Waals surface area (Å²) in [5.74, 6) is 1.03. The molecule has 114 valence electrons. The van der Waals surface area contributed by atoms with Gasteiger partial charge in [-0.15, -0.1) is 0 Å². The maximum absolute atomic E-state index is 12.2. The van der Waals surface area contributed by atoms with Gasteiger partial charge in [0, 0.05) is 6.42 Å². The van der Waals surface area contributed by atoms with Gasteiger partial charge in [-0.3, -0.25) is 10.2 Å². The summed E-state index contributed by atoms with van der Waals surface area (Å²) in [7, 11) is 0. The lowest BCUT2D eigenvalue weighted by Gasteiger charge is -2.31. The number of carbonyl (C=O) groups is 1. The van der Waals surface area contributed by atoms with Crippen molar-refractivity contribution in [2.24, 2.45) is 17.6 Å². The second-order valence-corrected chi connectivity index (χ2v) is 6.30. The van der Waals surface area contributed by atoms with Crippen molar-refractivity contribution >= 4 is 11.7 Å². The van der Waals surface area contributed by atoms with Gasteiger partial charge in [-0.1, -0.05) is 19.3 Å². The number of hydrogen-bond donors (Lipinski definition) is 4. The molecule has 0 bridgehead atoms. The summed E-state index contributed by atoms with van der Waals surface area (Å²) in [5, 5.41) is 14.1. The largest absolute Gasteiger partial charge is 0.386 e. The quantitative estimate of drug-likeness (QED) is 0.453. The highest BCUT2D eigenvalue weighted by Crippen LogP contribution is 2.26. The van der Waals surface area contributed by atoms with Gasteiger partial charge >= 0.3 is 0 Å². The Balaban J connectivity index is 1.83. The lowest BCUT2D eigenvalue weighted by atomic mass is 9.86. The number of carbonyl (C=O) groups excluding carboxylic acids is 1. The molecule has 2 aliphatic rings. The zero-order valence-electron chi connectivity index (χ0n) is 12.3. The SMILES string of the molecule is N=C(N)C(NC(=O)CC1CCCCC1)C1CCNCC1. The minimum Gasteiger partial charge on any atom is -0.386 e. The van der Waals surface area contributed by atoms with Gasteiger partial charge in [-0.2, -0.15) is 0 Å². The summed E-state index contributed by atoms with van der Waals surface area (Å²) < 4.78 is 0. The molecule has 0 aromatic rings. The molecule has 1 unspecified atom stereocenters. The Labute approximate surface area is 121 Å². The molecule has 0 aromatic heterocycles. The van der Waals surface area contributed by atoms with Crippen molar-refractivity contribution in [2.45, 2.75) is 57.4 Å². The van der Waals surface area contributed by atoms with E-state index < -0.39 is 0 Å². The minimum absolute atomic E-state index is 0.0793. The van der Waals surface area contributed by atoms with Crippen molar-refractivity contribution in [1.82, 2.24) is 10.6 Å². The third-order valence-corrected chi connectivity index (χ3v) is 4.71. The van der Waals surface area contributed by atoms with E-state index in [0.717, 1.165) is 25.9 Å². The van der Waals surface area contributed by atoms with E-state index in [1.165, 1.54) is 32.1 Å². The summed E-state index contributed by atoms with van der Waals surface area (Å²) in [4.78, 5) is 12.2. The van der Waals surface area contributed by atoms with Crippen molar-refractivity contribution in [1.29, 1.82) is 5.41 Å². The molecule has 1 heterocycles. The average Bonchev–Trinajstić information content (AvgIpc) is 2.46. The molecule has 20 heavy (non-hydrogen) atoms. The Kier molecular flexibility index (Phi) is 5.83. The first-order valence-corrected chi connectivity index (χ1v) is 8.01. The van der Waals surface area contributed by atoms with Gasteiger partial charge in [0.25, 0.3) is 0 Å². The molecular formula is C15H28N4O. The lowest BCUT2D eigenvalue weighted by molar-refractivity contribution is -0.122. The second-order valence-electron chi connectivity index (χ2n) is 6.30. The normalized spacial score (nSPS) is 23.2. The Morgan fingerprint density at radius 1 is 1.20 bits per heavy atom. The first-order valence-electron chi connectivity index (χ1n) is 8.01. The molecule has 0 aromatic carbocycles. The summed E-state index contributed by atoms with van der Waals surface area (Å²) >= 11 is 0. The lowest BCUT2D eigenvalue weighted by Crippen LogP contribution is -2.51. The number of hydrogen-bond acceptors (Lipinski definition) is 3. The minimum atomic E-state index is -0.270. The first-order chi connectivity index (χ1) is 9.66. The van der Waals surface area contributed by atoms with Crippen molar-refractivity contribution in [3.8, 4) is 0 Å². The zero-order chi connectivity index (χ0) is 14.4. The van der Waals surface area contributed by atoms with E-state index in [0.29, 0.717) is 18.3 Å². The third-order valence-electron chi connectivity index (χ3n) is 4.71. The molecule has 1 saturated carbocycles. The number of rotatable bonds is 5. The van der Waals surface area contributed by atoms with E-state index in [9.17, 15) is 4.79 Å². The Hall–Kier alpha value is -1.10. The fourth-order valence-electron chi connectivity index (χ4n) is 3.51. The van der Waals surface area contributed by atoms with Gasteiger partial charge < -0.3 is 16.4 Å². The van der Waals surface area contributed by atoms with Crippen LogP contribution in [0.15, 0.2) is 0 Å². The van der Waals surface area contributed by atoms with Gasteiger partial charge in [0.05, 0.1) is 6.04 Å². The van der Waals surface area contributed by atoms with E-state index in [4.69, 9.17) is 11.1 Å². The van der Waals surface area contributed by atoms with Crippen LogP contribution in [0.25, 0.3) is 0 Å². The smallest absolute Gasteiger partial charge is 0.220 e. The zero-order valence-corrected chi connectivity index (χ0v) is 12.3. The first kappa shape index (κ1) is 15.3. The molecule has 1 amide bonds. The van der Waals surface area contributed by atoms with Gasteiger partial charge in [-0.25, -0.2) is 0 Å². The monoisotopic (exact) mass is 280 g/mol. The standard InChI is InChI=1S/C15H28N4O/c16-15(17)14(12-6-8-18-9-7-12)19-13(20)10-11-4-2-1-3-5-11/h11-12,14,18H,1-10H2,(H3,16,17)(H,19,20). The molecule has 1 saturated heterocycles. The number of amidine groups is 1. The molecule has 1 aliphatic carbocycles. The Bertz CT molecular complexity index is 333. The molecule has 5 heteroatoms. The van der Waals surface area contributed by atoms with E-state index >= 15 is 0 Å². The van der Waals surface area contributed by atoms with Crippen LogP contribution in [0, 0.1) is 17.2 Å². The van der Waals surface area contributed by atoms with Crippen LogP contribution in [-0.4, -0.2) is 30.9 Å². The van der Waals surface area contributed by atoms with E-state index in [2.05, 4.69) is 10.6 Å². The fourth-order valence-corrected chi connectivity index (χ4v) is 3.51. The predicted octanol–water partition coefficient (Wildman–Crippen LogP) is 1.38. The fraction of sp³-hybridized carbons (Fsp3) is 0.867. The Morgan fingerprint density at radius 2 is 1.85 bits per heavy atom. The highest BCUT2D eigenvalue weighted by Gasteiger charge is 2.28. The molecule has 1 aliphatic heterocycles. The van der Waals surface area contributed by atoms with Crippen molar-refractivity contribution in [3.63, 3.8) is 0 Å². The van der Waals surface area contributed by atoms with E-state index in [-0.39, 0.29) is 17.8 Å². The second kappa shape index (κ2) is 7.62. The highest BCUT2D eigenvalue weighted by molar-refractivity contribution is 5.88. The van der Waals surface area contributed by atoms with Crippen LogP contribution in [0.5, 0.6) is 0 Å². The summed E-state index contributed by atoms with van der Waals surface area (Å²) in [5.41, 5.74) is 5.70. The molecule has 1 atom stereocenters. The molecule has 0 spiro atoms. The molecule has 5 nitrogen and oxygen atoms in total. The summed E-state index contributed by atoms with van der Waals surface area (Å²) in [6.45, 7) is 1.90. The molecule has 2 rings (SSSR count). The topological polar surface area (TPSA) is 91.0 Å². The van der Waals surface area contributed by atoms with Gasteiger partial charge in [0.15, 0.2) is 0 Å². The molecular weight excluding hydrogens is 252 g/mol. The highest BCUT2D eigenvalue weighted by atomic mass is 16.1. The van der Waals surface area contributed by atoms with Crippen LogP contribution in [0.4, 0.5) is 0 Å². The van der Waals surface area contributed by atoms with Crippen LogP contribution in [0.3, 0.4) is 0 Å². The number of nitrogens with one attached hydrogen (secondary N) is 3. The average molecular weight is 280 g/mol. The maximum atomic E-state index is 12.2. The maximum Gasteiger partial charge on any atom is 0.220 e. The third kappa shape index (κ3) is 4.47. The van der Waals surface area contributed by atoms with Crippen LogP contribution < -0.4 is 16.4 Å². The number of nitrogens with two attached hydrogens (primary N) is 1. The summed E-state index contributed by atoms with van der Waals surface area (Å²) in [6.07, 6.45) is 8.72. The number of amides is 1. The predicted molar refractivity (Wildman–Crippen MR) is 80.6 cm³/mol. The molecule has 0 radical (unpaired) electrons. The van der Waals surface area contributed by atoms with Crippen LogP contribution in [0.2, 0.25) is 0 Å². The molecule has 2 fully saturated rings. The molecule has 5 N–H and O–H groups in total. The van der Waals surface area contributed by atoms with E-state index in [1.54, 1.807) is 0 Å². The van der Waals surface area contributed by atoms with E-state index in [1.807, 2.05) is 0 Å². The Morgan fingerprint density at radius 3 is 2.45 bits per heavy atom. The van der Waals surface area contributed by atoms with Crippen molar-refractivity contribution in [3.05, 3.63) is 0 Å². The number of piperidine rings is 1. The van der Waals surface area contributed by atoms with Crippen molar-refractivity contribution in [2.75, 3.05) is 13.1 Å². The van der Waals surface area contributed by atoms with Crippen molar-refractivity contribution < 1.29 is 4.79 Å². The van der Waals surface area contributed by atoms with Crippen LogP contribution in [0.1, 0.15) is 51.4 Å². The summed E-state index contributed by atoms with van der Waals surface area (Å²) in [6, 6.07) is -0.270.